The summed E-state index contributed by atoms with van der Waals surface area (Å²) in [6.45, 7) is 8.52. The van der Waals surface area contributed by atoms with Gasteiger partial charge in [0.2, 0.25) is 10.0 Å². The normalized spacial score (nSPS) is 14.6. The molecule has 246 valence electrons. The molecule has 0 saturated carbocycles. The molecule has 1 aliphatic rings. The molecular weight excluding hydrogens is 611 g/mol. The first-order valence-electron chi connectivity index (χ1n) is 16.3. The second-order valence-electron chi connectivity index (χ2n) is 13.0. The summed E-state index contributed by atoms with van der Waals surface area (Å²) in [5.74, 6) is 0.418. The summed E-state index contributed by atoms with van der Waals surface area (Å²) in [6, 6.07) is 26.2. The Morgan fingerprint density at radius 1 is 0.979 bits per heavy atom. The Hall–Kier alpha value is -4.25. The molecule has 0 aliphatic carbocycles. The molecule has 10 heteroatoms. The number of carbonyl (C=O) groups is 1. The standard InChI is InChI=1S/C37H43N5O4S/c1-26(2)22-41-16-14-27(15-17-41)24-46-37(43)35-20-30-12-13-32(21-38)39-36(30)42(35)23-31-19-33(18-29-10-6-7-11-34(29)31)40-47(44,45)25-28-8-4-3-5-9-28/h3-13,18-20,26-27,40H,14-17,21-25,38H2,1-2H3. The van der Waals surface area contributed by atoms with Crippen molar-refractivity contribution in [1.82, 2.24) is 14.5 Å². The van der Waals surface area contributed by atoms with E-state index in [1.54, 1.807) is 12.1 Å². The predicted molar refractivity (Wildman–Crippen MR) is 188 cm³/mol. The van der Waals surface area contributed by atoms with E-state index in [2.05, 4.69) is 23.5 Å². The van der Waals surface area contributed by atoms with E-state index in [-0.39, 0.29) is 18.8 Å². The number of benzene rings is 3. The molecule has 0 spiro atoms. The van der Waals surface area contributed by atoms with Gasteiger partial charge in [0.05, 0.1) is 24.6 Å². The lowest BCUT2D eigenvalue weighted by atomic mass is 9.97. The van der Waals surface area contributed by atoms with Crippen molar-refractivity contribution in [2.24, 2.45) is 17.6 Å². The second-order valence-corrected chi connectivity index (χ2v) is 14.7. The first kappa shape index (κ1) is 32.7. The first-order chi connectivity index (χ1) is 22.7. The average molecular weight is 654 g/mol. The fourth-order valence-electron chi connectivity index (χ4n) is 6.49. The van der Waals surface area contributed by atoms with Crippen LogP contribution in [0.5, 0.6) is 0 Å². The van der Waals surface area contributed by atoms with Gasteiger partial charge >= 0.3 is 5.97 Å². The highest BCUT2D eigenvalue weighted by atomic mass is 32.2. The summed E-state index contributed by atoms with van der Waals surface area (Å²) >= 11 is 0. The minimum atomic E-state index is -3.69. The van der Waals surface area contributed by atoms with Crippen molar-refractivity contribution in [3.63, 3.8) is 0 Å². The number of likely N-dealkylation sites (tertiary alicyclic amines) is 1. The van der Waals surface area contributed by atoms with Gasteiger partial charge in [0, 0.05) is 24.2 Å². The molecular formula is C37H43N5O4S. The number of esters is 1. The summed E-state index contributed by atoms with van der Waals surface area (Å²) in [4.78, 5) is 21.0. The van der Waals surface area contributed by atoms with E-state index in [0.717, 1.165) is 54.2 Å². The molecule has 0 atom stereocenters. The number of pyridine rings is 1. The molecule has 1 fully saturated rings. The van der Waals surface area contributed by atoms with Gasteiger partial charge in [-0.1, -0.05) is 68.4 Å². The zero-order valence-corrected chi connectivity index (χ0v) is 27.9. The molecule has 3 N–H and O–H groups in total. The van der Waals surface area contributed by atoms with Gasteiger partial charge in [0.1, 0.15) is 11.3 Å². The van der Waals surface area contributed by atoms with Crippen molar-refractivity contribution in [1.29, 1.82) is 0 Å². The number of rotatable bonds is 12. The molecule has 6 rings (SSSR count). The average Bonchev–Trinajstić information content (AvgIpc) is 3.41. The van der Waals surface area contributed by atoms with Crippen LogP contribution in [0.15, 0.2) is 84.9 Å². The Kier molecular flexibility index (Phi) is 9.91. The van der Waals surface area contributed by atoms with Crippen molar-refractivity contribution in [2.75, 3.05) is 31.0 Å². The number of carbonyl (C=O) groups excluding carboxylic acids is 1. The number of aromatic nitrogens is 2. The fourth-order valence-corrected chi connectivity index (χ4v) is 7.67. The first-order valence-corrected chi connectivity index (χ1v) is 18.0. The molecule has 0 bridgehead atoms. The molecule has 1 aliphatic heterocycles. The van der Waals surface area contributed by atoms with Gasteiger partial charge in [-0.15, -0.1) is 0 Å². The van der Waals surface area contributed by atoms with Gasteiger partial charge in [-0.3, -0.25) is 4.72 Å². The maximum atomic E-state index is 13.7. The van der Waals surface area contributed by atoms with Gasteiger partial charge in [-0.2, -0.15) is 0 Å². The van der Waals surface area contributed by atoms with Crippen LogP contribution in [0.1, 0.15) is 54.0 Å². The fraction of sp³-hybridized carbons (Fsp3) is 0.351. The molecule has 0 radical (unpaired) electrons. The Bertz CT molecular complexity index is 1970. The zero-order chi connectivity index (χ0) is 33.0. The third-order valence-corrected chi connectivity index (χ3v) is 10.0. The monoisotopic (exact) mass is 653 g/mol. The van der Waals surface area contributed by atoms with E-state index >= 15 is 0 Å². The van der Waals surface area contributed by atoms with Crippen LogP contribution >= 0.6 is 0 Å². The number of piperidine rings is 1. The SMILES string of the molecule is CC(C)CN1CCC(COC(=O)c2cc3ccc(CN)nc3n2Cc2cc(NS(=O)(=O)Cc3ccccc3)cc3ccccc23)CC1. The van der Waals surface area contributed by atoms with Crippen LogP contribution in [-0.4, -0.2) is 55.1 Å². The van der Waals surface area contributed by atoms with Crippen molar-refractivity contribution in [3.8, 4) is 0 Å². The molecule has 3 aromatic carbocycles. The minimum absolute atomic E-state index is 0.142. The summed E-state index contributed by atoms with van der Waals surface area (Å²) in [6.07, 6.45) is 2.01. The summed E-state index contributed by atoms with van der Waals surface area (Å²) < 4.78 is 37.0. The zero-order valence-electron chi connectivity index (χ0n) is 27.1. The Morgan fingerprint density at radius 2 is 1.72 bits per heavy atom. The van der Waals surface area contributed by atoms with Crippen LogP contribution in [0.3, 0.4) is 0 Å². The van der Waals surface area contributed by atoms with Crippen molar-refractivity contribution >= 4 is 43.5 Å². The summed E-state index contributed by atoms with van der Waals surface area (Å²) in [5.41, 5.74) is 9.68. The summed E-state index contributed by atoms with van der Waals surface area (Å²) in [5, 5.41) is 2.63. The highest BCUT2D eigenvalue weighted by Gasteiger charge is 2.24. The Balaban J connectivity index is 1.29. The second kappa shape index (κ2) is 14.3. The number of hydrogen-bond donors (Lipinski definition) is 2. The lowest BCUT2D eigenvalue weighted by Gasteiger charge is -2.32. The van der Waals surface area contributed by atoms with E-state index in [1.807, 2.05) is 77.4 Å². The third-order valence-electron chi connectivity index (χ3n) is 8.75. The Morgan fingerprint density at radius 3 is 2.47 bits per heavy atom. The molecule has 3 heterocycles. The molecule has 0 amide bonds. The van der Waals surface area contributed by atoms with Crippen LogP contribution < -0.4 is 10.5 Å². The molecule has 0 unspecified atom stereocenters. The van der Waals surface area contributed by atoms with Gasteiger partial charge in [0.25, 0.3) is 0 Å². The lowest BCUT2D eigenvalue weighted by molar-refractivity contribution is 0.0356. The predicted octanol–water partition coefficient (Wildman–Crippen LogP) is 6.16. The molecule has 2 aromatic heterocycles. The number of nitrogens with zero attached hydrogens (tertiary/aromatic N) is 3. The number of nitrogens with one attached hydrogen (secondary N) is 1. The number of anilines is 1. The maximum absolute atomic E-state index is 13.7. The number of sulfonamides is 1. The van der Waals surface area contributed by atoms with E-state index in [0.29, 0.717) is 46.7 Å². The highest BCUT2D eigenvalue weighted by molar-refractivity contribution is 7.91. The van der Waals surface area contributed by atoms with E-state index in [9.17, 15) is 13.2 Å². The van der Waals surface area contributed by atoms with Gasteiger partial charge in [-0.05, 0) is 90.0 Å². The molecule has 47 heavy (non-hydrogen) atoms. The largest absolute Gasteiger partial charge is 0.461 e. The molecule has 1 saturated heterocycles. The number of nitrogens with two attached hydrogens (primary N) is 1. The van der Waals surface area contributed by atoms with E-state index in [1.165, 1.54) is 0 Å². The van der Waals surface area contributed by atoms with Gasteiger partial charge < -0.3 is 19.9 Å². The molecule has 9 nitrogen and oxygen atoms in total. The van der Waals surface area contributed by atoms with Crippen LogP contribution in [0.4, 0.5) is 5.69 Å². The van der Waals surface area contributed by atoms with E-state index < -0.39 is 16.0 Å². The third kappa shape index (κ3) is 8.01. The van der Waals surface area contributed by atoms with Gasteiger partial charge in [-0.25, -0.2) is 18.2 Å². The van der Waals surface area contributed by atoms with Crippen molar-refractivity contribution in [3.05, 3.63) is 107 Å². The Labute approximate surface area is 276 Å². The summed E-state index contributed by atoms with van der Waals surface area (Å²) in [7, 11) is -3.69. The van der Waals surface area contributed by atoms with Crippen LogP contribution in [-0.2, 0) is 33.6 Å². The topological polar surface area (TPSA) is 120 Å². The number of ether oxygens (including phenoxy) is 1. The number of hydrogen-bond acceptors (Lipinski definition) is 7. The van der Waals surface area contributed by atoms with Crippen molar-refractivity contribution in [2.45, 2.75) is 45.5 Å². The maximum Gasteiger partial charge on any atom is 0.355 e. The van der Waals surface area contributed by atoms with Crippen molar-refractivity contribution < 1.29 is 17.9 Å². The molecule has 5 aromatic rings. The lowest BCUT2D eigenvalue weighted by Crippen LogP contribution is -2.37. The van der Waals surface area contributed by atoms with E-state index in [4.69, 9.17) is 15.5 Å². The van der Waals surface area contributed by atoms with Crippen LogP contribution in [0.25, 0.3) is 21.8 Å². The van der Waals surface area contributed by atoms with Crippen LogP contribution in [0.2, 0.25) is 0 Å². The van der Waals surface area contributed by atoms with Crippen LogP contribution in [0, 0.1) is 11.8 Å². The minimum Gasteiger partial charge on any atom is -0.461 e. The smallest absolute Gasteiger partial charge is 0.355 e. The quantitative estimate of drug-likeness (QED) is 0.155. The highest BCUT2D eigenvalue weighted by Crippen LogP contribution is 2.29. The number of fused-ring (bicyclic) bond motifs is 2. The van der Waals surface area contributed by atoms with Gasteiger partial charge in [0.15, 0.2) is 0 Å².